The van der Waals surface area contributed by atoms with Crippen LogP contribution in [0.4, 0.5) is 5.13 Å². The van der Waals surface area contributed by atoms with E-state index < -0.39 is 0 Å². The molecule has 0 unspecified atom stereocenters. The van der Waals surface area contributed by atoms with Gasteiger partial charge in [-0.1, -0.05) is 17.4 Å². The maximum atomic E-state index is 5.78. The number of nitrogens with zero attached hydrogens (tertiary/aromatic N) is 3. The number of hydrogen-bond donors (Lipinski definition) is 1. The lowest BCUT2D eigenvalue weighted by Gasteiger charge is -2.49. The standard InChI is InChI=1S/C16H24N4S/c1-19(2)16(7-4-8-16)11-20(3)10-12-5-6-13-14(9-12)21-15(17)18-13/h5-6,9H,4,7-8,10-11H2,1-3H3,(H2,17,18). The predicted octanol–water partition coefficient (Wildman–Crippen LogP) is 2.79. The van der Waals surface area contributed by atoms with E-state index in [0.29, 0.717) is 10.7 Å². The molecule has 1 aliphatic rings. The Kier molecular flexibility index (Phi) is 3.90. The van der Waals surface area contributed by atoms with Crippen molar-refractivity contribution in [2.75, 3.05) is 33.4 Å². The lowest BCUT2D eigenvalue weighted by molar-refractivity contribution is 0.0259. The van der Waals surface area contributed by atoms with Crippen molar-refractivity contribution in [3.8, 4) is 0 Å². The Bertz CT molecular complexity index is 630. The highest BCUT2D eigenvalue weighted by Gasteiger charge is 2.39. The van der Waals surface area contributed by atoms with Gasteiger partial charge in [-0.05, 0) is 58.1 Å². The first-order valence-corrected chi connectivity index (χ1v) is 8.31. The van der Waals surface area contributed by atoms with Crippen LogP contribution in [0.3, 0.4) is 0 Å². The Labute approximate surface area is 130 Å². The molecule has 1 aliphatic carbocycles. The molecule has 1 fully saturated rings. The number of rotatable bonds is 5. The summed E-state index contributed by atoms with van der Waals surface area (Å²) in [6.07, 6.45) is 3.99. The van der Waals surface area contributed by atoms with Crippen LogP contribution < -0.4 is 5.73 Å². The van der Waals surface area contributed by atoms with Crippen molar-refractivity contribution < 1.29 is 0 Å². The van der Waals surface area contributed by atoms with Crippen molar-refractivity contribution in [1.82, 2.24) is 14.8 Å². The van der Waals surface area contributed by atoms with Gasteiger partial charge in [-0.25, -0.2) is 4.98 Å². The van der Waals surface area contributed by atoms with E-state index in [1.807, 2.05) is 0 Å². The molecule has 1 saturated carbocycles. The third-order valence-electron chi connectivity index (χ3n) is 4.72. The molecule has 4 nitrogen and oxygen atoms in total. The molecule has 0 saturated heterocycles. The molecule has 0 amide bonds. The minimum Gasteiger partial charge on any atom is -0.375 e. The highest BCUT2D eigenvalue weighted by molar-refractivity contribution is 7.22. The highest BCUT2D eigenvalue weighted by atomic mass is 32.1. The van der Waals surface area contributed by atoms with Crippen molar-refractivity contribution in [3.63, 3.8) is 0 Å². The fourth-order valence-electron chi connectivity index (χ4n) is 3.29. The fraction of sp³-hybridized carbons (Fsp3) is 0.562. The van der Waals surface area contributed by atoms with Crippen molar-refractivity contribution in [2.24, 2.45) is 0 Å². The number of benzene rings is 1. The van der Waals surface area contributed by atoms with Crippen LogP contribution in [0.1, 0.15) is 24.8 Å². The average molecular weight is 304 g/mol. The van der Waals surface area contributed by atoms with E-state index in [1.165, 1.54) is 29.5 Å². The number of thiazole rings is 1. The fourth-order valence-corrected chi connectivity index (χ4v) is 4.08. The minimum absolute atomic E-state index is 0.383. The number of anilines is 1. The van der Waals surface area contributed by atoms with E-state index in [2.05, 4.69) is 54.1 Å². The topological polar surface area (TPSA) is 45.4 Å². The first-order chi connectivity index (χ1) is 9.98. The number of hydrogen-bond acceptors (Lipinski definition) is 5. The monoisotopic (exact) mass is 304 g/mol. The number of aromatic nitrogens is 1. The largest absolute Gasteiger partial charge is 0.375 e. The first-order valence-electron chi connectivity index (χ1n) is 7.49. The maximum Gasteiger partial charge on any atom is 0.181 e. The summed E-state index contributed by atoms with van der Waals surface area (Å²) in [5.41, 5.74) is 8.50. The van der Waals surface area contributed by atoms with Crippen LogP contribution in [-0.2, 0) is 6.54 Å². The SMILES string of the molecule is CN(Cc1ccc2nc(N)sc2c1)CC1(N(C)C)CCC1. The van der Waals surface area contributed by atoms with Crippen molar-refractivity contribution in [3.05, 3.63) is 23.8 Å². The second kappa shape index (κ2) is 5.55. The van der Waals surface area contributed by atoms with Gasteiger partial charge in [0.25, 0.3) is 0 Å². The number of likely N-dealkylation sites (N-methyl/N-ethyl adjacent to an activating group) is 2. The van der Waals surface area contributed by atoms with E-state index in [4.69, 9.17) is 5.73 Å². The predicted molar refractivity (Wildman–Crippen MR) is 90.6 cm³/mol. The Morgan fingerprint density at radius 1 is 1.29 bits per heavy atom. The lowest BCUT2D eigenvalue weighted by atomic mass is 9.75. The number of fused-ring (bicyclic) bond motifs is 1. The van der Waals surface area contributed by atoms with E-state index in [-0.39, 0.29) is 0 Å². The Balaban J connectivity index is 1.69. The molecule has 3 rings (SSSR count). The van der Waals surface area contributed by atoms with Gasteiger partial charge in [-0.3, -0.25) is 0 Å². The Morgan fingerprint density at radius 3 is 2.67 bits per heavy atom. The molecule has 0 atom stereocenters. The summed E-state index contributed by atoms with van der Waals surface area (Å²) in [5, 5.41) is 0.650. The van der Waals surface area contributed by atoms with E-state index in [1.54, 1.807) is 11.3 Å². The average Bonchev–Trinajstić information content (AvgIpc) is 2.72. The third kappa shape index (κ3) is 2.91. The molecule has 1 aromatic heterocycles. The molecule has 2 N–H and O–H groups in total. The summed E-state index contributed by atoms with van der Waals surface area (Å²) >= 11 is 1.57. The molecule has 0 radical (unpaired) electrons. The molecule has 21 heavy (non-hydrogen) atoms. The maximum absolute atomic E-state index is 5.78. The second-order valence-corrected chi connectivity index (χ2v) is 7.56. The normalized spacial score (nSPS) is 17.6. The zero-order valence-corrected chi connectivity index (χ0v) is 13.9. The van der Waals surface area contributed by atoms with Gasteiger partial charge in [0.2, 0.25) is 0 Å². The van der Waals surface area contributed by atoms with Crippen LogP contribution in [0, 0.1) is 0 Å². The molecule has 2 aromatic rings. The van der Waals surface area contributed by atoms with Gasteiger partial charge in [0.1, 0.15) is 0 Å². The van der Waals surface area contributed by atoms with Crippen LogP contribution in [0.5, 0.6) is 0 Å². The molecular formula is C16H24N4S. The molecule has 1 heterocycles. The molecule has 5 heteroatoms. The number of nitrogens with two attached hydrogens (primary N) is 1. The van der Waals surface area contributed by atoms with Crippen LogP contribution >= 0.6 is 11.3 Å². The van der Waals surface area contributed by atoms with Gasteiger partial charge < -0.3 is 15.5 Å². The Morgan fingerprint density at radius 2 is 2.05 bits per heavy atom. The summed E-state index contributed by atoms with van der Waals surface area (Å²) < 4.78 is 1.18. The van der Waals surface area contributed by atoms with Gasteiger partial charge in [0.05, 0.1) is 10.2 Å². The zero-order valence-electron chi connectivity index (χ0n) is 13.1. The summed E-state index contributed by atoms with van der Waals surface area (Å²) in [6.45, 7) is 2.10. The van der Waals surface area contributed by atoms with Crippen LogP contribution in [0.25, 0.3) is 10.2 Å². The summed E-state index contributed by atoms with van der Waals surface area (Å²) in [7, 11) is 6.63. The molecular weight excluding hydrogens is 280 g/mol. The van der Waals surface area contributed by atoms with Crippen LogP contribution in [0.2, 0.25) is 0 Å². The first kappa shape index (κ1) is 14.8. The van der Waals surface area contributed by atoms with Gasteiger partial charge in [-0.15, -0.1) is 0 Å². The molecule has 0 aliphatic heterocycles. The summed E-state index contributed by atoms with van der Waals surface area (Å²) in [4.78, 5) is 9.15. The number of nitrogen functional groups attached to an aromatic ring is 1. The summed E-state index contributed by atoms with van der Waals surface area (Å²) in [5.74, 6) is 0. The zero-order chi connectivity index (χ0) is 15.0. The summed E-state index contributed by atoms with van der Waals surface area (Å²) in [6, 6.07) is 6.47. The Hall–Kier alpha value is -1.17. The highest BCUT2D eigenvalue weighted by Crippen LogP contribution is 2.37. The van der Waals surface area contributed by atoms with Gasteiger partial charge in [-0.2, -0.15) is 0 Å². The molecule has 114 valence electrons. The van der Waals surface area contributed by atoms with Gasteiger partial charge >= 0.3 is 0 Å². The minimum atomic E-state index is 0.383. The van der Waals surface area contributed by atoms with Crippen molar-refractivity contribution in [1.29, 1.82) is 0 Å². The van der Waals surface area contributed by atoms with E-state index in [9.17, 15) is 0 Å². The van der Waals surface area contributed by atoms with Crippen molar-refractivity contribution >= 4 is 26.7 Å². The van der Waals surface area contributed by atoms with E-state index >= 15 is 0 Å². The lowest BCUT2D eigenvalue weighted by Crippen LogP contribution is -2.56. The van der Waals surface area contributed by atoms with Gasteiger partial charge in [0, 0.05) is 18.6 Å². The van der Waals surface area contributed by atoms with Crippen molar-refractivity contribution in [2.45, 2.75) is 31.3 Å². The second-order valence-electron chi connectivity index (χ2n) is 6.50. The smallest absolute Gasteiger partial charge is 0.181 e. The molecule has 1 aromatic carbocycles. The molecule has 0 bridgehead atoms. The van der Waals surface area contributed by atoms with Crippen LogP contribution in [0.15, 0.2) is 18.2 Å². The molecule has 0 spiro atoms. The quantitative estimate of drug-likeness (QED) is 0.922. The van der Waals surface area contributed by atoms with Gasteiger partial charge in [0.15, 0.2) is 5.13 Å². The van der Waals surface area contributed by atoms with Crippen LogP contribution in [-0.4, -0.2) is 48.0 Å². The van der Waals surface area contributed by atoms with E-state index in [0.717, 1.165) is 18.6 Å². The third-order valence-corrected chi connectivity index (χ3v) is 5.57.